The van der Waals surface area contributed by atoms with Gasteiger partial charge in [0.15, 0.2) is 8.32 Å². The van der Waals surface area contributed by atoms with Gasteiger partial charge in [-0.15, -0.1) is 0 Å². The molecule has 2 unspecified atom stereocenters. The van der Waals surface area contributed by atoms with Crippen molar-refractivity contribution in [2.75, 3.05) is 45.0 Å². The van der Waals surface area contributed by atoms with Crippen molar-refractivity contribution in [2.45, 2.75) is 82.7 Å². The van der Waals surface area contributed by atoms with Crippen LogP contribution in [0.15, 0.2) is 120 Å². The fourth-order valence-electron chi connectivity index (χ4n) is 8.38. The fourth-order valence-corrected chi connectivity index (χ4v) is 10.8. The molecule has 1 aromatic heterocycles. The van der Waals surface area contributed by atoms with Gasteiger partial charge in [-0.3, -0.25) is 9.59 Å². The molecule has 2 heterocycles. The molecule has 6 rings (SSSR count). The van der Waals surface area contributed by atoms with Gasteiger partial charge >= 0.3 is 0 Å². The van der Waals surface area contributed by atoms with Crippen LogP contribution in [0.1, 0.15) is 74.8 Å². The summed E-state index contributed by atoms with van der Waals surface area (Å²) in [6, 6.07) is 36.7. The van der Waals surface area contributed by atoms with Crippen LogP contribution in [0.5, 0.6) is 5.75 Å². The first-order chi connectivity index (χ1) is 29.6. The number of primary amides is 1. The number of hydrogen-bond donors (Lipinski definition) is 4. The van der Waals surface area contributed by atoms with Crippen molar-refractivity contribution < 1.29 is 22.4 Å². The van der Waals surface area contributed by atoms with E-state index < -0.39 is 29.7 Å². The Kier molecular flexibility index (Phi) is 15.6. The monoisotopic (exact) mass is 879 g/mol. The first-order valence-corrected chi connectivity index (χ1v) is 26.5. The highest BCUT2D eigenvalue weighted by molar-refractivity contribution is 7.89. The lowest BCUT2D eigenvalue weighted by atomic mass is 9.64. The number of aromatic amines is 1. The summed E-state index contributed by atoms with van der Waals surface area (Å²) in [4.78, 5) is 31.1. The molecule has 0 radical (unpaired) electrons. The van der Waals surface area contributed by atoms with E-state index in [2.05, 4.69) is 59.9 Å². The van der Waals surface area contributed by atoms with Gasteiger partial charge in [-0.1, -0.05) is 124 Å². The number of nitrogens with two attached hydrogens (primary N) is 1. The Labute approximate surface area is 369 Å². The zero-order chi connectivity index (χ0) is 44.4. The van der Waals surface area contributed by atoms with Crippen molar-refractivity contribution in [1.29, 1.82) is 0 Å². The number of H-pyrrole nitrogens is 1. The lowest BCUT2D eigenvalue weighted by molar-refractivity contribution is -0.123. The molecule has 332 valence electrons. The topological polar surface area (TPSA) is 156 Å². The number of ether oxygens (including phenoxy) is 1. The Bertz CT molecular complexity index is 2350. The largest absolute Gasteiger partial charge is 0.487 e. The third-order valence-electron chi connectivity index (χ3n) is 12.8. The highest BCUT2D eigenvalue weighted by Gasteiger charge is 2.49. The number of amides is 1. The third kappa shape index (κ3) is 11.5. The first-order valence-electron chi connectivity index (χ1n) is 21.9. The number of aromatic nitrogens is 1. The van der Waals surface area contributed by atoms with E-state index in [0.717, 1.165) is 53.4 Å². The highest BCUT2D eigenvalue weighted by Crippen LogP contribution is 2.44. The van der Waals surface area contributed by atoms with Crippen LogP contribution in [0, 0.1) is 5.92 Å². The number of pyridine rings is 1. The fraction of sp³-hybridized carbons (Fsp3) is 0.429. The van der Waals surface area contributed by atoms with E-state index in [1.807, 2.05) is 103 Å². The number of benzene rings is 4. The van der Waals surface area contributed by atoms with Crippen LogP contribution >= 0.6 is 0 Å². The SMILES string of the molecule is CC(C)(C)[Si](C)(C)OC(CNCCCCCNS(=O)(=O)CCN1CCC(C(C(N)=O)(c2ccccc2)c2ccccc2)C1)c1ccc(OCc2ccccc2)c2[nH]c(=O)ccc12. The number of unbranched alkanes of at least 4 members (excludes halogenated alkanes) is 2. The van der Waals surface area contributed by atoms with E-state index in [0.29, 0.717) is 57.0 Å². The molecule has 0 bridgehead atoms. The van der Waals surface area contributed by atoms with Crippen molar-refractivity contribution >= 4 is 35.2 Å². The Hall–Kier alpha value is -4.63. The molecule has 5 N–H and O–H groups in total. The molecular weight excluding hydrogens is 815 g/mol. The molecule has 1 aliphatic heterocycles. The molecule has 1 fully saturated rings. The van der Waals surface area contributed by atoms with Gasteiger partial charge in [0.2, 0.25) is 21.5 Å². The van der Waals surface area contributed by atoms with Crippen LogP contribution < -0.4 is 26.1 Å². The molecule has 0 saturated carbocycles. The third-order valence-corrected chi connectivity index (χ3v) is 18.7. The molecule has 1 saturated heterocycles. The molecule has 0 spiro atoms. The summed E-state index contributed by atoms with van der Waals surface area (Å²) < 4.78 is 42.3. The lowest BCUT2D eigenvalue weighted by Crippen LogP contribution is -2.49. The van der Waals surface area contributed by atoms with Crippen molar-refractivity contribution in [3.05, 3.63) is 148 Å². The summed E-state index contributed by atoms with van der Waals surface area (Å²) in [7, 11) is -5.71. The summed E-state index contributed by atoms with van der Waals surface area (Å²) in [6.07, 6.45) is 2.89. The Morgan fingerprint density at radius 3 is 2.13 bits per heavy atom. The number of carbonyl (C=O) groups is 1. The van der Waals surface area contributed by atoms with Crippen molar-refractivity contribution in [3.63, 3.8) is 0 Å². The number of nitrogens with one attached hydrogen (secondary N) is 3. The summed E-state index contributed by atoms with van der Waals surface area (Å²) in [5, 5.41) is 4.49. The molecule has 13 heteroatoms. The second-order valence-electron chi connectivity index (χ2n) is 18.1. The molecule has 0 aliphatic carbocycles. The lowest BCUT2D eigenvalue weighted by Gasteiger charge is -2.39. The van der Waals surface area contributed by atoms with E-state index in [1.54, 1.807) is 6.07 Å². The number of likely N-dealkylation sites (tertiary alicyclic amines) is 1. The number of hydrogen-bond acceptors (Lipinski definition) is 8. The van der Waals surface area contributed by atoms with Crippen LogP contribution in [0.25, 0.3) is 10.9 Å². The van der Waals surface area contributed by atoms with Crippen LogP contribution in [0.3, 0.4) is 0 Å². The van der Waals surface area contributed by atoms with Crippen LogP contribution in [-0.2, 0) is 31.3 Å². The highest BCUT2D eigenvalue weighted by atomic mass is 32.2. The number of nitrogens with zero attached hydrogens (tertiary/aromatic N) is 1. The standard InChI is InChI=1S/C49H65N5O6SSi/c1-48(2,3)62(4,5)60-44(41-24-26-43(46-42(41)25-27-45(55)53-46)59-36-37-18-10-6-11-19-37)34-51-29-16-9-17-30-52-61(57,58)33-32-54-31-28-40(35-54)49(47(50)56,38-20-12-7-13-21-38)39-22-14-8-15-23-39/h6-8,10-15,18-27,40,44,51-52H,9,16-17,28-36H2,1-5H3,(H2,50,56)(H,53,55). The van der Waals surface area contributed by atoms with Gasteiger partial charge in [-0.05, 0) is 90.8 Å². The van der Waals surface area contributed by atoms with Gasteiger partial charge in [-0.25, -0.2) is 13.1 Å². The zero-order valence-electron chi connectivity index (χ0n) is 37.0. The van der Waals surface area contributed by atoms with Crippen LogP contribution in [0.4, 0.5) is 0 Å². The van der Waals surface area contributed by atoms with Crippen molar-refractivity contribution in [3.8, 4) is 5.75 Å². The maximum Gasteiger partial charge on any atom is 0.248 e. The van der Waals surface area contributed by atoms with Gasteiger partial charge in [0.05, 0.1) is 17.4 Å². The average Bonchev–Trinajstić information content (AvgIpc) is 3.72. The van der Waals surface area contributed by atoms with Gasteiger partial charge < -0.3 is 30.1 Å². The number of carbonyl (C=O) groups excluding carboxylic acids is 1. The van der Waals surface area contributed by atoms with Crippen molar-refractivity contribution in [2.24, 2.45) is 11.7 Å². The van der Waals surface area contributed by atoms with E-state index in [9.17, 15) is 18.0 Å². The normalized spacial score (nSPS) is 15.8. The Balaban J connectivity index is 0.996. The molecule has 62 heavy (non-hydrogen) atoms. The van der Waals surface area contributed by atoms with Crippen LogP contribution in [0.2, 0.25) is 18.1 Å². The minimum absolute atomic E-state index is 0.0140. The molecule has 5 aromatic rings. The van der Waals surface area contributed by atoms with Crippen LogP contribution in [-0.4, -0.2) is 77.5 Å². The molecule has 1 amide bonds. The Morgan fingerprint density at radius 1 is 0.871 bits per heavy atom. The quantitative estimate of drug-likeness (QED) is 0.0409. The molecule has 2 atom stereocenters. The van der Waals surface area contributed by atoms with E-state index >= 15 is 0 Å². The van der Waals surface area contributed by atoms with Gasteiger partial charge in [0.25, 0.3) is 0 Å². The minimum atomic E-state index is -3.50. The van der Waals surface area contributed by atoms with E-state index in [-0.39, 0.29) is 28.4 Å². The summed E-state index contributed by atoms with van der Waals surface area (Å²) in [5.74, 6) is 0.102. The van der Waals surface area contributed by atoms with Crippen molar-refractivity contribution in [1.82, 2.24) is 19.9 Å². The predicted octanol–water partition coefficient (Wildman–Crippen LogP) is 7.64. The van der Waals surface area contributed by atoms with Gasteiger partial charge in [-0.2, -0.15) is 0 Å². The number of fused-ring (bicyclic) bond motifs is 1. The minimum Gasteiger partial charge on any atom is -0.487 e. The molecule has 1 aliphatic rings. The zero-order valence-corrected chi connectivity index (χ0v) is 38.8. The molecular formula is C49H65N5O6SSi. The Morgan fingerprint density at radius 2 is 1.50 bits per heavy atom. The summed E-state index contributed by atoms with van der Waals surface area (Å²) in [6.45, 7) is 14.9. The molecule has 11 nitrogen and oxygen atoms in total. The maximum absolute atomic E-state index is 13.4. The molecule has 4 aromatic carbocycles. The summed E-state index contributed by atoms with van der Waals surface area (Å²) in [5.41, 5.74) is 9.43. The second-order valence-corrected chi connectivity index (χ2v) is 24.8. The maximum atomic E-state index is 13.4. The smallest absolute Gasteiger partial charge is 0.248 e. The van der Waals surface area contributed by atoms with E-state index in [1.165, 1.54) is 0 Å². The average molecular weight is 880 g/mol. The summed E-state index contributed by atoms with van der Waals surface area (Å²) >= 11 is 0. The predicted molar refractivity (Wildman–Crippen MR) is 252 cm³/mol. The first kappa shape index (κ1) is 46.9. The number of rotatable bonds is 22. The van der Waals surface area contributed by atoms with Gasteiger partial charge in [0, 0.05) is 37.6 Å². The second kappa shape index (κ2) is 20.7. The number of sulfonamides is 1. The van der Waals surface area contributed by atoms with Gasteiger partial charge in [0.1, 0.15) is 17.8 Å². The van der Waals surface area contributed by atoms with E-state index in [4.69, 9.17) is 14.9 Å².